The van der Waals surface area contributed by atoms with Crippen molar-refractivity contribution in [2.75, 3.05) is 5.32 Å². The van der Waals surface area contributed by atoms with Crippen LogP contribution in [0.4, 0.5) is 10.5 Å². The van der Waals surface area contributed by atoms with Crippen LogP contribution in [-0.2, 0) is 7.05 Å². The van der Waals surface area contributed by atoms with Gasteiger partial charge in [-0.15, -0.1) is 0 Å². The first-order chi connectivity index (χ1) is 13.3. The van der Waals surface area contributed by atoms with E-state index in [4.69, 9.17) is 11.6 Å². The van der Waals surface area contributed by atoms with Crippen molar-refractivity contribution >= 4 is 34.2 Å². The Balaban J connectivity index is 1.78. The third-order valence-corrected chi connectivity index (χ3v) is 4.88. The fourth-order valence-electron chi connectivity index (χ4n) is 3.03. The summed E-state index contributed by atoms with van der Waals surface area (Å²) in [6, 6.07) is 11.8. The Labute approximate surface area is 168 Å². The van der Waals surface area contributed by atoms with Gasteiger partial charge in [-0.1, -0.05) is 37.6 Å². The van der Waals surface area contributed by atoms with Crippen LogP contribution in [-0.4, -0.2) is 15.6 Å². The Morgan fingerprint density at radius 1 is 1.11 bits per heavy atom. The highest BCUT2D eigenvalue weighted by atomic mass is 35.5. The molecule has 3 rings (SSSR count). The number of nitrogens with zero attached hydrogens (tertiary/aromatic N) is 2. The number of fused-ring (bicyclic) bond motifs is 1. The second-order valence-electron chi connectivity index (χ2n) is 7.09. The van der Waals surface area contributed by atoms with Crippen molar-refractivity contribution < 1.29 is 4.79 Å². The molecule has 6 nitrogen and oxygen atoms in total. The molecule has 3 aromatic rings. The third kappa shape index (κ3) is 4.17. The van der Waals surface area contributed by atoms with Gasteiger partial charge in [0, 0.05) is 17.8 Å². The van der Waals surface area contributed by atoms with Gasteiger partial charge in [-0.05, 0) is 48.7 Å². The summed E-state index contributed by atoms with van der Waals surface area (Å²) in [6.45, 7) is 6.01. The number of halogens is 1. The highest BCUT2D eigenvalue weighted by molar-refractivity contribution is 6.31. The lowest BCUT2D eigenvalue weighted by atomic mass is 10.0. The van der Waals surface area contributed by atoms with Gasteiger partial charge in [-0.25, -0.2) is 9.78 Å². The molecule has 0 radical (unpaired) electrons. The topological polar surface area (TPSA) is 76.0 Å². The smallest absolute Gasteiger partial charge is 0.319 e. The summed E-state index contributed by atoms with van der Waals surface area (Å²) in [5.41, 5.74) is 2.22. The molecule has 0 fully saturated rings. The summed E-state index contributed by atoms with van der Waals surface area (Å²) in [7, 11) is 1.64. The molecule has 0 saturated carbocycles. The molecule has 0 aliphatic heterocycles. The van der Waals surface area contributed by atoms with Gasteiger partial charge in [0.15, 0.2) is 0 Å². The lowest BCUT2D eigenvalue weighted by Gasteiger charge is -2.18. The van der Waals surface area contributed by atoms with Gasteiger partial charge in [0.2, 0.25) is 0 Å². The number of nitrogens with one attached hydrogen (secondary N) is 2. The molecule has 0 aliphatic carbocycles. The van der Waals surface area contributed by atoms with Crippen LogP contribution >= 0.6 is 11.6 Å². The number of rotatable bonds is 4. The van der Waals surface area contributed by atoms with Crippen molar-refractivity contribution in [1.29, 1.82) is 0 Å². The van der Waals surface area contributed by atoms with Gasteiger partial charge in [-0.2, -0.15) is 0 Å². The van der Waals surface area contributed by atoms with Gasteiger partial charge in [0.1, 0.15) is 5.82 Å². The zero-order chi connectivity index (χ0) is 20.4. The lowest BCUT2D eigenvalue weighted by molar-refractivity contribution is 0.248. The van der Waals surface area contributed by atoms with E-state index in [0.717, 1.165) is 0 Å². The van der Waals surface area contributed by atoms with Crippen molar-refractivity contribution in [3.63, 3.8) is 0 Å². The van der Waals surface area contributed by atoms with E-state index in [1.807, 2.05) is 24.3 Å². The van der Waals surface area contributed by atoms with Crippen LogP contribution in [0.1, 0.15) is 44.1 Å². The second-order valence-corrected chi connectivity index (χ2v) is 7.53. The Hall–Kier alpha value is -2.86. The third-order valence-electron chi connectivity index (χ3n) is 4.64. The lowest BCUT2D eigenvalue weighted by Crippen LogP contribution is -2.35. The summed E-state index contributed by atoms with van der Waals surface area (Å²) >= 11 is 6.02. The molecule has 0 spiro atoms. The molecule has 1 aromatic heterocycles. The van der Waals surface area contributed by atoms with Crippen LogP contribution in [0, 0.1) is 0 Å². The largest absolute Gasteiger partial charge is 0.328 e. The van der Waals surface area contributed by atoms with E-state index < -0.39 is 6.04 Å². The maximum absolute atomic E-state index is 12.6. The summed E-state index contributed by atoms with van der Waals surface area (Å²) in [5.74, 6) is 0.877. The van der Waals surface area contributed by atoms with E-state index in [1.54, 1.807) is 32.2 Å². The minimum Gasteiger partial charge on any atom is -0.328 e. The van der Waals surface area contributed by atoms with Gasteiger partial charge >= 0.3 is 6.03 Å². The number of aromatic nitrogens is 2. The molecule has 0 bridgehead atoms. The quantitative estimate of drug-likeness (QED) is 0.674. The molecule has 28 heavy (non-hydrogen) atoms. The monoisotopic (exact) mass is 398 g/mol. The Kier molecular flexibility index (Phi) is 5.70. The number of amides is 2. The van der Waals surface area contributed by atoms with Gasteiger partial charge < -0.3 is 10.6 Å². The average Bonchev–Trinajstić information content (AvgIpc) is 2.64. The number of carbonyl (C=O) groups is 1. The molecule has 1 heterocycles. The fourth-order valence-corrected chi connectivity index (χ4v) is 3.19. The zero-order valence-electron chi connectivity index (χ0n) is 16.3. The molecule has 0 saturated heterocycles. The van der Waals surface area contributed by atoms with E-state index >= 15 is 0 Å². The normalized spacial score (nSPS) is 12.2. The van der Waals surface area contributed by atoms with E-state index in [9.17, 15) is 9.59 Å². The number of carbonyl (C=O) groups excluding carboxylic acids is 1. The SMILES string of the molecule is CC(C)c1ccc(NC(=O)N[C@H](C)c2nc3cc(Cl)ccc3c(=O)n2C)cc1. The first-order valence-electron chi connectivity index (χ1n) is 9.10. The maximum Gasteiger partial charge on any atom is 0.319 e. The second kappa shape index (κ2) is 8.02. The standard InChI is InChI=1S/C21H23ClN4O2/c1-12(2)14-5-8-16(9-6-14)24-21(28)23-13(3)19-25-18-11-15(22)7-10-17(18)20(27)26(19)4/h5-13H,1-4H3,(H2,23,24,28)/t13-/m1/s1. The Morgan fingerprint density at radius 2 is 1.79 bits per heavy atom. The molecule has 0 aliphatic rings. The summed E-state index contributed by atoms with van der Waals surface area (Å²) in [4.78, 5) is 29.5. The van der Waals surface area contributed by atoms with Crippen molar-refractivity contribution in [3.8, 4) is 0 Å². The molecule has 2 aromatic carbocycles. The first kappa shape index (κ1) is 19.9. The van der Waals surface area contributed by atoms with Crippen LogP contribution in [0.15, 0.2) is 47.3 Å². The number of urea groups is 1. The van der Waals surface area contributed by atoms with Crippen LogP contribution in [0.3, 0.4) is 0 Å². The van der Waals surface area contributed by atoms with Gasteiger partial charge in [0.05, 0.1) is 16.9 Å². The number of anilines is 1. The van der Waals surface area contributed by atoms with Crippen molar-refractivity contribution in [2.45, 2.75) is 32.7 Å². The summed E-state index contributed by atoms with van der Waals surface area (Å²) in [5, 5.41) is 6.61. The molecule has 146 valence electrons. The molecule has 1 atom stereocenters. The predicted molar refractivity (Wildman–Crippen MR) is 113 cm³/mol. The molecular weight excluding hydrogens is 376 g/mol. The summed E-state index contributed by atoms with van der Waals surface area (Å²) in [6.07, 6.45) is 0. The van der Waals surface area contributed by atoms with Gasteiger partial charge in [0.25, 0.3) is 5.56 Å². The van der Waals surface area contributed by atoms with E-state index in [1.165, 1.54) is 10.1 Å². The predicted octanol–water partition coefficient (Wildman–Crippen LogP) is 4.59. The number of hydrogen-bond donors (Lipinski definition) is 2. The maximum atomic E-state index is 12.6. The molecule has 2 N–H and O–H groups in total. The average molecular weight is 399 g/mol. The highest BCUT2D eigenvalue weighted by Crippen LogP contribution is 2.19. The van der Waals surface area contributed by atoms with Crippen LogP contribution in [0.5, 0.6) is 0 Å². The summed E-state index contributed by atoms with van der Waals surface area (Å²) < 4.78 is 1.44. The molecule has 7 heteroatoms. The highest BCUT2D eigenvalue weighted by Gasteiger charge is 2.17. The Morgan fingerprint density at radius 3 is 2.43 bits per heavy atom. The molecular formula is C21H23ClN4O2. The van der Waals surface area contributed by atoms with E-state index in [0.29, 0.717) is 33.4 Å². The van der Waals surface area contributed by atoms with E-state index in [2.05, 4.69) is 29.5 Å². The van der Waals surface area contributed by atoms with Crippen LogP contribution in [0.2, 0.25) is 5.02 Å². The van der Waals surface area contributed by atoms with E-state index in [-0.39, 0.29) is 11.6 Å². The fraction of sp³-hybridized carbons (Fsp3) is 0.286. The van der Waals surface area contributed by atoms with Crippen LogP contribution < -0.4 is 16.2 Å². The molecule has 2 amide bonds. The van der Waals surface area contributed by atoms with Gasteiger partial charge in [-0.3, -0.25) is 9.36 Å². The molecule has 0 unspecified atom stereocenters. The minimum atomic E-state index is -0.476. The number of benzene rings is 2. The van der Waals surface area contributed by atoms with Crippen molar-refractivity contribution in [1.82, 2.24) is 14.9 Å². The first-order valence-corrected chi connectivity index (χ1v) is 9.47. The van der Waals surface area contributed by atoms with Crippen molar-refractivity contribution in [2.24, 2.45) is 7.05 Å². The van der Waals surface area contributed by atoms with Crippen molar-refractivity contribution in [3.05, 3.63) is 69.2 Å². The Bertz CT molecular complexity index is 1070. The zero-order valence-corrected chi connectivity index (χ0v) is 17.0. The van der Waals surface area contributed by atoms with Crippen LogP contribution in [0.25, 0.3) is 10.9 Å². The minimum absolute atomic E-state index is 0.185. The number of hydrogen-bond acceptors (Lipinski definition) is 3.